The number of aliphatic imine (C=N–C) groups is 1. The van der Waals surface area contributed by atoms with E-state index < -0.39 is 0 Å². The average molecular weight is 200 g/mol. The summed E-state index contributed by atoms with van der Waals surface area (Å²) in [5.41, 5.74) is 1.45. The predicted octanol–water partition coefficient (Wildman–Crippen LogP) is 1.75. The van der Waals surface area contributed by atoms with Gasteiger partial charge in [-0.1, -0.05) is 0 Å². The molecule has 5 heteroatoms. The van der Waals surface area contributed by atoms with E-state index in [1.54, 1.807) is 24.3 Å². The number of carbonyl (C=O) groups excluding carboxylic acids is 1. The first-order valence-electron chi connectivity index (χ1n) is 4.37. The van der Waals surface area contributed by atoms with Crippen molar-refractivity contribution in [1.29, 1.82) is 0 Å². The highest BCUT2D eigenvalue weighted by Gasteiger charge is 2.02. The Morgan fingerprint density at radius 1 is 1.33 bits per heavy atom. The van der Waals surface area contributed by atoms with Gasteiger partial charge in [0.2, 0.25) is 6.08 Å². The van der Waals surface area contributed by atoms with Crippen molar-refractivity contribution in [3.8, 4) is 11.4 Å². The van der Waals surface area contributed by atoms with Gasteiger partial charge in [0.1, 0.15) is 5.82 Å². The van der Waals surface area contributed by atoms with Crippen LogP contribution < -0.4 is 0 Å². The SMILES string of the molecule is Cc1nc(-c2ccc(N=C=O)cc2)n[nH]1. The Hall–Kier alpha value is -2.26. The number of H-pyrrole nitrogens is 1. The largest absolute Gasteiger partial charge is 0.263 e. The van der Waals surface area contributed by atoms with Crippen LogP contribution in [-0.4, -0.2) is 21.3 Å². The fourth-order valence-electron chi connectivity index (χ4n) is 1.21. The molecule has 0 aliphatic heterocycles. The average Bonchev–Trinajstić information content (AvgIpc) is 2.67. The van der Waals surface area contributed by atoms with E-state index in [2.05, 4.69) is 20.2 Å². The summed E-state index contributed by atoms with van der Waals surface area (Å²) in [4.78, 5) is 17.7. The van der Waals surface area contributed by atoms with Crippen molar-refractivity contribution in [2.75, 3.05) is 0 Å². The van der Waals surface area contributed by atoms with Crippen LogP contribution >= 0.6 is 0 Å². The fourth-order valence-corrected chi connectivity index (χ4v) is 1.21. The lowest BCUT2D eigenvalue weighted by molar-refractivity contribution is 0.565. The van der Waals surface area contributed by atoms with Crippen molar-refractivity contribution in [1.82, 2.24) is 15.2 Å². The van der Waals surface area contributed by atoms with E-state index in [-0.39, 0.29) is 0 Å². The minimum Gasteiger partial charge on any atom is -0.263 e. The van der Waals surface area contributed by atoms with Gasteiger partial charge in [-0.05, 0) is 31.2 Å². The molecule has 0 fully saturated rings. The Labute approximate surface area is 85.9 Å². The van der Waals surface area contributed by atoms with Crippen LogP contribution in [0.3, 0.4) is 0 Å². The lowest BCUT2D eigenvalue weighted by Gasteiger charge is -1.94. The van der Waals surface area contributed by atoms with Crippen molar-refractivity contribution < 1.29 is 4.79 Å². The number of nitrogens with one attached hydrogen (secondary N) is 1. The van der Waals surface area contributed by atoms with Crippen molar-refractivity contribution in [2.45, 2.75) is 6.92 Å². The third-order valence-electron chi connectivity index (χ3n) is 1.90. The van der Waals surface area contributed by atoms with Gasteiger partial charge in [0, 0.05) is 5.56 Å². The number of aromatic amines is 1. The monoisotopic (exact) mass is 200 g/mol. The van der Waals surface area contributed by atoms with Gasteiger partial charge >= 0.3 is 0 Å². The Morgan fingerprint density at radius 2 is 2.07 bits per heavy atom. The number of aryl methyl sites for hydroxylation is 1. The molecule has 5 nitrogen and oxygen atoms in total. The molecule has 15 heavy (non-hydrogen) atoms. The van der Waals surface area contributed by atoms with Gasteiger partial charge in [-0.15, -0.1) is 0 Å². The molecule has 0 atom stereocenters. The Morgan fingerprint density at radius 3 is 2.60 bits per heavy atom. The first-order chi connectivity index (χ1) is 7.29. The standard InChI is InChI=1S/C10H8N4O/c1-7-12-10(14-13-7)8-2-4-9(5-3-8)11-6-15/h2-5H,1H3,(H,12,13,14). The molecule has 0 radical (unpaired) electrons. The number of hydrogen-bond acceptors (Lipinski definition) is 4. The molecule has 74 valence electrons. The Kier molecular flexibility index (Phi) is 2.39. The van der Waals surface area contributed by atoms with Crippen LogP contribution in [-0.2, 0) is 4.79 Å². The predicted molar refractivity (Wildman–Crippen MR) is 54.3 cm³/mol. The van der Waals surface area contributed by atoms with Crippen LogP contribution in [0.5, 0.6) is 0 Å². The second-order valence-corrected chi connectivity index (χ2v) is 2.99. The molecule has 1 heterocycles. The molecule has 0 saturated heterocycles. The van der Waals surface area contributed by atoms with Crippen LogP contribution in [0.1, 0.15) is 5.82 Å². The number of nitrogens with zero attached hydrogens (tertiary/aromatic N) is 3. The zero-order valence-corrected chi connectivity index (χ0v) is 8.06. The molecule has 1 aromatic carbocycles. The normalized spacial score (nSPS) is 9.67. The summed E-state index contributed by atoms with van der Waals surface area (Å²) in [5.74, 6) is 1.40. The molecule has 0 unspecified atom stereocenters. The first kappa shape index (κ1) is 9.30. The maximum Gasteiger partial charge on any atom is 0.240 e. The Balaban J connectivity index is 2.35. The topological polar surface area (TPSA) is 71.0 Å². The minimum absolute atomic E-state index is 0.570. The molecule has 0 amide bonds. The highest BCUT2D eigenvalue weighted by atomic mass is 16.1. The van der Waals surface area contributed by atoms with E-state index >= 15 is 0 Å². The van der Waals surface area contributed by atoms with Crippen LogP contribution in [0.25, 0.3) is 11.4 Å². The lowest BCUT2D eigenvalue weighted by atomic mass is 10.2. The third-order valence-corrected chi connectivity index (χ3v) is 1.90. The van der Waals surface area contributed by atoms with E-state index in [1.165, 1.54) is 6.08 Å². The Bertz CT molecular complexity index is 508. The summed E-state index contributed by atoms with van der Waals surface area (Å²) >= 11 is 0. The highest BCUT2D eigenvalue weighted by molar-refractivity contribution is 5.59. The van der Waals surface area contributed by atoms with Gasteiger partial charge in [0.15, 0.2) is 5.82 Å². The number of isocyanates is 1. The van der Waals surface area contributed by atoms with Crippen LogP contribution in [0.2, 0.25) is 0 Å². The number of benzene rings is 1. The lowest BCUT2D eigenvalue weighted by Crippen LogP contribution is -1.79. The summed E-state index contributed by atoms with van der Waals surface area (Å²) in [5, 5.41) is 6.78. The van der Waals surface area contributed by atoms with Gasteiger partial charge in [-0.3, -0.25) is 5.10 Å². The van der Waals surface area contributed by atoms with Crippen LogP contribution in [0, 0.1) is 6.92 Å². The summed E-state index contributed by atoms with van der Waals surface area (Å²) in [6.07, 6.45) is 1.48. The number of hydrogen-bond donors (Lipinski definition) is 1. The zero-order valence-electron chi connectivity index (χ0n) is 8.06. The molecule has 2 aromatic rings. The van der Waals surface area contributed by atoms with Gasteiger partial charge in [-0.2, -0.15) is 10.1 Å². The molecule has 1 aromatic heterocycles. The molecule has 1 N–H and O–H groups in total. The molecule has 0 saturated carbocycles. The van der Waals surface area contributed by atoms with Crippen molar-refractivity contribution >= 4 is 11.8 Å². The second kappa shape index (κ2) is 3.86. The highest BCUT2D eigenvalue weighted by Crippen LogP contribution is 2.18. The fraction of sp³-hybridized carbons (Fsp3) is 0.100. The third kappa shape index (κ3) is 1.98. The molecular weight excluding hydrogens is 192 g/mol. The van der Waals surface area contributed by atoms with Gasteiger partial charge in [0.25, 0.3) is 0 Å². The van der Waals surface area contributed by atoms with Crippen molar-refractivity contribution in [2.24, 2.45) is 4.99 Å². The van der Waals surface area contributed by atoms with E-state index in [1.807, 2.05) is 6.92 Å². The first-order valence-corrected chi connectivity index (χ1v) is 4.37. The molecular formula is C10H8N4O. The van der Waals surface area contributed by atoms with Gasteiger partial charge < -0.3 is 0 Å². The van der Waals surface area contributed by atoms with Crippen molar-refractivity contribution in [3.05, 3.63) is 30.1 Å². The van der Waals surface area contributed by atoms with Crippen LogP contribution in [0.15, 0.2) is 29.3 Å². The molecule has 0 bridgehead atoms. The summed E-state index contributed by atoms with van der Waals surface area (Å²) in [6, 6.07) is 7.04. The minimum atomic E-state index is 0.570. The van der Waals surface area contributed by atoms with E-state index in [9.17, 15) is 4.79 Å². The quantitative estimate of drug-likeness (QED) is 0.593. The summed E-state index contributed by atoms with van der Waals surface area (Å²) < 4.78 is 0. The second-order valence-electron chi connectivity index (χ2n) is 2.99. The summed E-state index contributed by atoms with van der Waals surface area (Å²) in [7, 11) is 0. The summed E-state index contributed by atoms with van der Waals surface area (Å²) in [6.45, 7) is 1.83. The van der Waals surface area contributed by atoms with Crippen molar-refractivity contribution in [3.63, 3.8) is 0 Å². The molecule has 0 spiro atoms. The number of rotatable bonds is 2. The molecule has 0 aliphatic rings. The molecule has 2 rings (SSSR count). The van der Waals surface area contributed by atoms with Gasteiger partial charge in [-0.25, -0.2) is 9.78 Å². The molecule has 0 aliphatic carbocycles. The van der Waals surface area contributed by atoms with E-state index in [0.717, 1.165) is 11.4 Å². The zero-order chi connectivity index (χ0) is 10.7. The smallest absolute Gasteiger partial charge is 0.240 e. The maximum atomic E-state index is 10.0. The van der Waals surface area contributed by atoms with Crippen LogP contribution in [0.4, 0.5) is 5.69 Å². The number of aromatic nitrogens is 3. The maximum absolute atomic E-state index is 10.0. The van der Waals surface area contributed by atoms with E-state index in [4.69, 9.17) is 0 Å². The van der Waals surface area contributed by atoms with E-state index in [0.29, 0.717) is 11.5 Å². The van der Waals surface area contributed by atoms with Gasteiger partial charge in [0.05, 0.1) is 5.69 Å².